The van der Waals surface area contributed by atoms with Crippen molar-refractivity contribution in [3.63, 3.8) is 0 Å². The number of rotatable bonds is 5. The normalized spacial score (nSPS) is 20.6. The van der Waals surface area contributed by atoms with Gasteiger partial charge in [-0.2, -0.15) is 0 Å². The van der Waals surface area contributed by atoms with E-state index in [9.17, 15) is 4.79 Å². The van der Waals surface area contributed by atoms with E-state index in [4.69, 9.17) is 4.74 Å². The minimum atomic E-state index is -0.0792. The first-order valence-electron chi connectivity index (χ1n) is 6.37. The van der Waals surface area contributed by atoms with Crippen LogP contribution in [0.5, 0.6) is 0 Å². The van der Waals surface area contributed by atoms with Crippen molar-refractivity contribution in [1.29, 1.82) is 0 Å². The minimum absolute atomic E-state index is 0.0792. The fraction of sp³-hybridized carbons (Fsp3) is 0.500. The van der Waals surface area contributed by atoms with Crippen molar-refractivity contribution in [3.05, 3.63) is 35.9 Å². The second-order valence-corrected chi connectivity index (χ2v) is 4.57. The third kappa shape index (κ3) is 3.31. The molecule has 4 heteroatoms. The Bertz CT molecular complexity index is 375. The highest BCUT2D eigenvalue weighted by Gasteiger charge is 2.23. The highest BCUT2D eigenvalue weighted by molar-refractivity contribution is 5.79. The number of ether oxygens (including phenoxy) is 1. The van der Waals surface area contributed by atoms with Crippen LogP contribution in [-0.2, 0) is 9.53 Å². The zero-order valence-electron chi connectivity index (χ0n) is 10.7. The van der Waals surface area contributed by atoms with Gasteiger partial charge in [0, 0.05) is 20.2 Å². The van der Waals surface area contributed by atoms with Gasteiger partial charge in [0.25, 0.3) is 0 Å². The first kappa shape index (κ1) is 13.1. The van der Waals surface area contributed by atoms with Crippen molar-refractivity contribution in [2.45, 2.75) is 12.5 Å². The van der Waals surface area contributed by atoms with Crippen LogP contribution in [0.15, 0.2) is 30.3 Å². The molecule has 1 aliphatic heterocycles. The van der Waals surface area contributed by atoms with Crippen molar-refractivity contribution in [1.82, 2.24) is 10.6 Å². The quantitative estimate of drug-likeness (QED) is 0.820. The minimum Gasteiger partial charge on any atom is -0.375 e. The predicted molar refractivity (Wildman–Crippen MR) is 70.2 cm³/mol. The van der Waals surface area contributed by atoms with E-state index >= 15 is 0 Å². The van der Waals surface area contributed by atoms with Crippen LogP contribution in [0.25, 0.3) is 0 Å². The van der Waals surface area contributed by atoms with Crippen LogP contribution in [-0.4, -0.2) is 32.7 Å². The molecule has 0 aliphatic carbocycles. The Hall–Kier alpha value is -1.39. The second kappa shape index (κ2) is 6.52. The highest BCUT2D eigenvalue weighted by atomic mass is 16.5. The lowest BCUT2D eigenvalue weighted by Crippen LogP contribution is -2.35. The van der Waals surface area contributed by atoms with Gasteiger partial charge >= 0.3 is 0 Å². The topological polar surface area (TPSA) is 50.4 Å². The third-order valence-electron chi connectivity index (χ3n) is 3.35. The number of benzene rings is 1. The molecular formula is C14H20N2O2. The van der Waals surface area contributed by atoms with Gasteiger partial charge in [0.1, 0.15) is 0 Å². The van der Waals surface area contributed by atoms with Crippen LogP contribution in [0.3, 0.4) is 0 Å². The number of carbonyl (C=O) groups excluding carboxylic acids is 1. The van der Waals surface area contributed by atoms with Crippen molar-refractivity contribution >= 4 is 5.91 Å². The zero-order valence-corrected chi connectivity index (χ0v) is 10.7. The molecule has 2 rings (SSSR count). The van der Waals surface area contributed by atoms with Crippen LogP contribution in [0.1, 0.15) is 18.1 Å². The summed E-state index contributed by atoms with van der Waals surface area (Å²) in [5.41, 5.74) is 1.09. The van der Waals surface area contributed by atoms with Gasteiger partial charge in [-0.3, -0.25) is 4.79 Å². The third-order valence-corrected chi connectivity index (χ3v) is 3.35. The van der Waals surface area contributed by atoms with Crippen LogP contribution in [0.4, 0.5) is 0 Å². The van der Waals surface area contributed by atoms with E-state index in [0.717, 1.165) is 25.1 Å². The Morgan fingerprint density at radius 2 is 2.28 bits per heavy atom. The first-order chi connectivity index (χ1) is 8.81. The largest absolute Gasteiger partial charge is 0.375 e. The second-order valence-electron chi connectivity index (χ2n) is 4.57. The van der Waals surface area contributed by atoms with E-state index in [2.05, 4.69) is 10.6 Å². The SMILES string of the molecule is COC(CNC(=O)C1CCNC1)c1ccccc1. The molecule has 2 unspecified atom stereocenters. The molecule has 1 aliphatic rings. The first-order valence-corrected chi connectivity index (χ1v) is 6.37. The van der Waals surface area contributed by atoms with Gasteiger partial charge in [-0.1, -0.05) is 30.3 Å². The van der Waals surface area contributed by atoms with E-state index in [-0.39, 0.29) is 17.9 Å². The zero-order chi connectivity index (χ0) is 12.8. The maximum Gasteiger partial charge on any atom is 0.224 e. The van der Waals surface area contributed by atoms with Crippen molar-refractivity contribution < 1.29 is 9.53 Å². The molecule has 0 radical (unpaired) electrons. The summed E-state index contributed by atoms with van der Waals surface area (Å²) in [6, 6.07) is 9.95. The summed E-state index contributed by atoms with van der Waals surface area (Å²) >= 11 is 0. The molecule has 18 heavy (non-hydrogen) atoms. The molecule has 0 aromatic heterocycles. The van der Waals surface area contributed by atoms with Gasteiger partial charge in [-0.15, -0.1) is 0 Å². The lowest BCUT2D eigenvalue weighted by molar-refractivity contribution is -0.125. The van der Waals surface area contributed by atoms with E-state index in [1.165, 1.54) is 0 Å². The van der Waals surface area contributed by atoms with Crippen molar-refractivity contribution in [3.8, 4) is 0 Å². The monoisotopic (exact) mass is 248 g/mol. The van der Waals surface area contributed by atoms with Gasteiger partial charge in [0.05, 0.1) is 12.0 Å². The number of nitrogens with one attached hydrogen (secondary N) is 2. The molecule has 1 heterocycles. The summed E-state index contributed by atoms with van der Waals surface area (Å²) < 4.78 is 5.42. The summed E-state index contributed by atoms with van der Waals surface area (Å²) in [5.74, 6) is 0.233. The molecule has 98 valence electrons. The summed E-state index contributed by atoms with van der Waals surface area (Å²) in [6.07, 6.45) is 0.846. The van der Waals surface area contributed by atoms with E-state index in [0.29, 0.717) is 6.54 Å². The molecule has 1 fully saturated rings. The Morgan fingerprint density at radius 1 is 1.50 bits per heavy atom. The van der Waals surface area contributed by atoms with Crippen LogP contribution < -0.4 is 10.6 Å². The number of hydrogen-bond acceptors (Lipinski definition) is 3. The number of methoxy groups -OCH3 is 1. The van der Waals surface area contributed by atoms with Crippen molar-refractivity contribution in [2.75, 3.05) is 26.7 Å². The summed E-state index contributed by atoms with van der Waals surface area (Å²) in [5, 5.41) is 6.16. The van der Waals surface area contributed by atoms with E-state index < -0.39 is 0 Å². The van der Waals surface area contributed by atoms with E-state index in [1.54, 1.807) is 7.11 Å². The molecule has 4 nitrogen and oxygen atoms in total. The summed E-state index contributed by atoms with van der Waals surface area (Å²) in [6.45, 7) is 2.25. The lowest BCUT2D eigenvalue weighted by Gasteiger charge is -2.18. The van der Waals surface area contributed by atoms with Crippen LogP contribution in [0.2, 0.25) is 0 Å². The highest BCUT2D eigenvalue weighted by Crippen LogP contribution is 2.15. The fourth-order valence-corrected chi connectivity index (χ4v) is 2.22. The molecule has 0 spiro atoms. The molecule has 0 saturated carbocycles. The average Bonchev–Trinajstić information content (AvgIpc) is 2.94. The van der Waals surface area contributed by atoms with Gasteiger partial charge in [-0.25, -0.2) is 0 Å². The Morgan fingerprint density at radius 3 is 2.89 bits per heavy atom. The number of amides is 1. The molecule has 1 saturated heterocycles. The summed E-state index contributed by atoms with van der Waals surface area (Å²) in [4.78, 5) is 11.9. The Labute approximate surface area is 108 Å². The lowest BCUT2D eigenvalue weighted by atomic mass is 10.1. The van der Waals surface area contributed by atoms with Gasteiger partial charge in [0.2, 0.25) is 5.91 Å². The van der Waals surface area contributed by atoms with Crippen LogP contribution in [0, 0.1) is 5.92 Å². The smallest absolute Gasteiger partial charge is 0.224 e. The maximum atomic E-state index is 11.9. The van der Waals surface area contributed by atoms with Crippen molar-refractivity contribution in [2.24, 2.45) is 5.92 Å². The molecule has 1 aromatic rings. The molecular weight excluding hydrogens is 228 g/mol. The number of carbonyl (C=O) groups is 1. The molecule has 1 amide bonds. The fourth-order valence-electron chi connectivity index (χ4n) is 2.22. The van der Waals surface area contributed by atoms with Gasteiger partial charge in [-0.05, 0) is 18.5 Å². The van der Waals surface area contributed by atoms with Gasteiger partial charge < -0.3 is 15.4 Å². The van der Waals surface area contributed by atoms with E-state index in [1.807, 2.05) is 30.3 Å². The maximum absolute atomic E-state index is 11.9. The molecule has 1 aromatic carbocycles. The predicted octanol–water partition coefficient (Wildman–Crippen LogP) is 1.10. The van der Waals surface area contributed by atoms with Gasteiger partial charge in [0.15, 0.2) is 0 Å². The molecule has 2 N–H and O–H groups in total. The standard InChI is InChI=1S/C14H20N2O2/c1-18-13(11-5-3-2-4-6-11)10-16-14(17)12-7-8-15-9-12/h2-6,12-13,15H,7-10H2,1H3,(H,16,17). The number of hydrogen-bond donors (Lipinski definition) is 2. The molecule has 2 atom stereocenters. The van der Waals surface area contributed by atoms with Crippen LogP contribution >= 0.6 is 0 Å². The Kier molecular flexibility index (Phi) is 4.73. The average molecular weight is 248 g/mol. The summed E-state index contributed by atoms with van der Waals surface area (Å²) in [7, 11) is 1.67. The Balaban J connectivity index is 1.85. The molecule has 0 bridgehead atoms.